The molecule has 3 N–H and O–H groups in total. The molecule has 4 nitrogen and oxygen atoms in total. The Labute approximate surface area is 101 Å². The predicted octanol–water partition coefficient (Wildman–Crippen LogP) is 2.17. The van der Waals surface area contributed by atoms with Crippen LogP contribution >= 0.6 is 0 Å². The van der Waals surface area contributed by atoms with Crippen LogP contribution in [-0.2, 0) is 0 Å². The van der Waals surface area contributed by atoms with Crippen LogP contribution in [-0.4, -0.2) is 22.1 Å². The van der Waals surface area contributed by atoms with Crippen molar-refractivity contribution in [1.82, 2.24) is 9.97 Å². The molecule has 0 fully saturated rings. The van der Waals surface area contributed by atoms with Crippen LogP contribution < -0.4 is 11.1 Å². The molecule has 0 aliphatic rings. The lowest BCUT2D eigenvalue weighted by molar-refractivity contribution is 0.602. The van der Waals surface area contributed by atoms with Crippen molar-refractivity contribution in [3.63, 3.8) is 0 Å². The number of fused-ring (bicyclic) bond motifs is 1. The monoisotopic (exact) mass is 230 g/mol. The maximum Gasteiger partial charge on any atom is 0.223 e. The van der Waals surface area contributed by atoms with Gasteiger partial charge in [0.1, 0.15) is 0 Å². The molecule has 0 aliphatic heterocycles. The summed E-state index contributed by atoms with van der Waals surface area (Å²) >= 11 is 0. The fourth-order valence-corrected chi connectivity index (χ4v) is 1.88. The Morgan fingerprint density at radius 1 is 1.29 bits per heavy atom. The van der Waals surface area contributed by atoms with E-state index in [2.05, 4.69) is 22.2 Å². The number of nitrogens with one attached hydrogen (secondary N) is 1. The molecule has 1 aromatic carbocycles. The summed E-state index contributed by atoms with van der Waals surface area (Å²) in [7, 11) is 0. The SMILES string of the molecule is CC(N)CC(C)Nc1ncc2ccccc2n1. The average molecular weight is 230 g/mol. The molecular formula is C13H18N4. The first-order valence-electron chi connectivity index (χ1n) is 5.89. The molecule has 0 aliphatic carbocycles. The second-order valence-electron chi connectivity index (χ2n) is 4.51. The van der Waals surface area contributed by atoms with Gasteiger partial charge in [0, 0.05) is 23.7 Å². The van der Waals surface area contributed by atoms with Crippen molar-refractivity contribution in [2.24, 2.45) is 5.73 Å². The lowest BCUT2D eigenvalue weighted by atomic mass is 10.1. The van der Waals surface area contributed by atoms with Gasteiger partial charge >= 0.3 is 0 Å². The van der Waals surface area contributed by atoms with E-state index in [1.54, 1.807) is 0 Å². The topological polar surface area (TPSA) is 63.8 Å². The van der Waals surface area contributed by atoms with Crippen molar-refractivity contribution < 1.29 is 0 Å². The number of nitrogens with two attached hydrogens (primary N) is 1. The van der Waals surface area contributed by atoms with Crippen molar-refractivity contribution in [3.05, 3.63) is 30.5 Å². The number of anilines is 1. The molecule has 0 amide bonds. The lowest BCUT2D eigenvalue weighted by Crippen LogP contribution is -2.26. The molecule has 2 rings (SSSR count). The van der Waals surface area contributed by atoms with E-state index in [1.807, 2.05) is 37.4 Å². The van der Waals surface area contributed by atoms with E-state index < -0.39 is 0 Å². The fourth-order valence-electron chi connectivity index (χ4n) is 1.88. The number of nitrogens with zero attached hydrogens (tertiary/aromatic N) is 2. The third-order valence-electron chi connectivity index (χ3n) is 2.59. The van der Waals surface area contributed by atoms with Crippen LogP contribution in [0.1, 0.15) is 20.3 Å². The van der Waals surface area contributed by atoms with Crippen molar-refractivity contribution in [2.45, 2.75) is 32.4 Å². The highest BCUT2D eigenvalue weighted by Crippen LogP contribution is 2.12. The van der Waals surface area contributed by atoms with E-state index in [9.17, 15) is 0 Å². The van der Waals surface area contributed by atoms with Gasteiger partial charge in [0.2, 0.25) is 5.95 Å². The Bertz CT molecular complexity index is 495. The Morgan fingerprint density at radius 2 is 2.06 bits per heavy atom. The minimum Gasteiger partial charge on any atom is -0.352 e. The first kappa shape index (κ1) is 11.8. The summed E-state index contributed by atoms with van der Waals surface area (Å²) in [5.41, 5.74) is 6.71. The first-order valence-corrected chi connectivity index (χ1v) is 5.89. The average Bonchev–Trinajstić information content (AvgIpc) is 2.27. The number of hydrogen-bond donors (Lipinski definition) is 2. The first-order chi connectivity index (χ1) is 8.15. The van der Waals surface area contributed by atoms with Crippen molar-refractivity contribution in [1.29, 1.82) is 0 Å². The van der Waals surface area contributed by atoms with E-state index in [1.165, 1.54) is 0 Å². The van der Waals surface area contributed by atoms with Gasteiger partial charge in [-0.3, -0.25) is 0 Å². The molecule has 2 aromatic rings. The molecule has 0 saturated carbocycles. The standard InChI is InChI=1S/C13H18N4/c1-9(14)7-10(2)16-13-15-8-11-5-3-4-6-12(11)17-13/h3-6,8-10H,7,14H2,1-2H3,(H,15,16,17). The van der Waals surface area contributed by atoms with Crippen LogP contribution in [0, 0.1) is 0 Å². The Kier molecular flexibility index (Phi) is 3.54. The molecule has 2 atom stereocenters. The van der Waals surface area contributed by atoms with E-state index >= 15 is 0 Å². The van der Waals surface area contributed by atoms with Gasteiger partial charge in [-0.1, -0.05) is 18.2 Å². The van der Waals surface area contributed by atoms with Crippen LogP contribution in [0.2, 0.25) is 0 Å². The summed E-state index contributed by atoms with van der Waals surface area (Å²) in [6.07, 6.45) is 2.74. The third kappa shape index (κ3) is 3.14. The van der Waals surface area contributed by atoms with Crippen molar-refractivity contribution >= 4 is 16.9 Å². The molecule has 17 heavy (non-hydrogen) atoms. The summed E-state index contributed by atoms with van der Waals surface area (Å²) in [5, 5.41) is 4.32. The second kappa shape index (κ2) is 5.10. The lowest BCUT2D eigenvalue weighted by Gasteiger charge is -2.15. The van der Waals surface area contributed by atoms with Crippen molar-refractivity contribution in [3.8, 4) is 0 Å². The highest BCUT2D eigenvalue weighted by Gasteiger charge is 2.07. The van der Waals surface area contributed by atoms with Crippen LogP contribution in [0.5, 0.6) is 0 Å². The summed E-state index contributed by atoms with van der Waals surface area (Å²) in [4.78, 5) is 8.75. The minimum atomic E-state index is 0.179. The molecular weight excluding hydrogens is 212 g/mol. The highest BCUT2D eigenvalue weighted by atomic mass is 15.1. The summed E-state index contributed by atoms with van der Waals surface area (Å²) < 4.78 is 0. The predicted molar refractivity (Wildman–Crippen MR) is 70.9 cm³/mol. The Morgan fingerprint density at radius 3 is 2.82 bits per heavy atom. The van der Waals surface area contributed by atoms with Crippen LogP contribution in [0.25, 0.3) is 10.9 Å². The van der Waals surface area contributed by atoms with Gasteiger partial charge in [0.25, 0.3) is 0 Å². The normalized spacial score (nSPS) is 14.5. The third-order valence-corrected chi connectivity index (χ3v) is 2.59. The molecule has 0 bridgehead atoms. The zero-order valence-corrected chi connectivity index (χ0v) is 10.2. The largest absolute Gasteiger partial charge is 0.352 e. The van der Waals surface area contributed by atoms with Crippen LogP contribution in [0.3, 0.4) is 0 Å². The summed E-state index contributed by atoms with van der Waals surface area (Å²) in [5.74, 6) is 0.664. The maximum atomic E-state index is 5.76. The van der Waals surface area contributed by atoms with Crippen molar-refractivity contribution in [2.75, 3.05) is 5.32 Å². The fraction of sp³-hybridized carbons (Fsp3) is 0.385. The van der Waals surface area contributed by atoms with Crippen LogP contribution in [0.15, 0.2) is 30.5 Å². The molecule has 1 aromatic heterocycles. The molecule has 0 radical (unpaired) electrons. The number of hydrogen-bond acceptors (Lipinski definition) is 4. The van der Waals surface area contributed by atoms with Gasteiger partial charge in [-0.05, 0) is 26.3 Å². The summed E-state index contributed by atoms with van der Waals surface area (Å²) in [6, 6.07) is 8.40. The highest BCUT2D eigenvalue weighted by molar-refractivity contribution is 5.78. The molecule has 90 valence electrons. The van der Waals surface area contributed by atoms with E-state index in [-0.39, 0.29) is 12.1 Å². The second-order valence-corrected chi connectivity index (χ2v) is 4.51. The molecule has 0 spiro atoms. The molecule has 2 unspecified atom stereocenters. The van der Waals surface area contributed by atoms with E-state index in [4.69, 9.17) is 5.73 Å². The number of para-hydroxylation sites is 1. The quantitative estimate of drug-likeness (QED) is 0.845. The Balaban J connectivity index is 2.14. The van der Waals surface area contributed by atoms with Gasteiger partial charge in [-0.15, -0.1) is 0 Å². The van der Waals surface area contributed by atoms with E-state index in [0.29, 0.717) is 5.95 Å². The zero-order valence-electron chi connectivity index (χ0n) is 10.2. The Hall–Kier alpha value is -1.68. The van der Waals surface area contributed by atoms with E-state index in [0.717, 1.165) is 17.3 Å². The molecule has 0 saturated heterocycles. The zero-order chi connectivity index (χ0) is 12.3. The number of rotatable bonds is 4. The molecule has 1 heterocycles. The van der Waals surface area contributed by atoms with Gasteiger partial charge in [0.05, 0.1) is 5.52 Å². The smallest absolute Gasteiger partial charge is 0.223 e. The van der Waals surface area contributed by atoms with Crippen LogP contribution in [0.4, 0.5) is 5.95 Å². The minimum absolute atomic E-state index is 0.179. The maximum absolute atomic E-state index is 5.76. The van der Waals surface area contributed by atoms with Gasteiger partial charge in [-0.2, -0.15) is 0 Å². The summed E-state index contributed by atoms with van der Waals surface area (Å²) in [6.45, 7) is 4.08. The van der Waals surface area contributed by atoms with Gasteiger partial charge in [0.15, 0.2) is 0 Å². The van der Waals surface area contributed by atoms with Gasteiger partial charge in [-0.25, -0.2) is 9.97 Å². The number of aromatic nitrogens is 2. The molecule has 4 heteroatoms. The van der Waals surface area contributed by atoms with Gasteiger partial charge < -0.3 is 11.1 Å². The number of benzene rings is 1.